The van der Waals surface area contributed by atoms with Crippen LogP contribution in [0.5, 0.6) is 0 Å². The third-order valence-electron chi connectivity index (χ3n) is 5.19. The average Bonchev–Trinajstić information content (AvgIpc) is 3.27. The third kappa shape index (κ3) is 9.43. The van der Waals surface area contributed by atoms with Crippen molar-refractivity contribution in [1.82, 2.24) is 15.5 Å². The zero-order valence-corrected chi connectivity index (χ0v) is 19.6. The van der Waals surface area contributed by atoms with Gasteiger partial charge in [-0.2, -0.15) is 12.6 Å². The van der Waals surface area contributed by atoms with E-state index in [0.29, 0.717) is 6.42 Å². The van der Waals surface area contributed by atoms with Crippen LogP contribution in [0.25, 0.3) is 0 Å². The molecule has 0 aliphatic carbocycles. The van der Waals surface area contributed by atoms with Crippen LogP contribution in [-0.2, 0) is 24.0 Å². The zero-order valence-electron chi connectivity index (χ0n) is 18.7. The van der Waals surface area contributed by atoms with Crippen LogP contribution >= 0.6 is 12.6 Å². The second-order valence-electron chi connectivity index (χ2n) is 7.82. The normalized spacial score (nSPS) is 17.8. The third-order valence-corrected chi connectivity index (χ3v) is 5.59. The molecule has 34 heavy (non-hydrogen) atoms. The van der Waals surface area contributed by atoms with E-state index in [1.165, 1.54) is 4.90 Å². The number of carboxylic acids is 2. The topological polar surface area (TPSA) is 244 Å². The van der Waals surface area contributed by atoms with Gasteiger partial charge in [0, 0.05) is 25.3 Å². The Kier molecular flexibility index (Phi) is 12.1. The molecular formula is C19H33N7O7S. The number of nitrogens with one attached hydrogen (secondary N) is 2. The molecule has 1 rings (SSSR count). The summed E-state index contributed by atoms with van der Waals surface area (Å²) in [5.41, 5.74) is 16.2. The maximum Gasteiger partial charge on any atom is 0.326 e. The molecule has 3 amide bonds. The van der Waals surface area contributed by atoms with Gasteiger partial charge in [-0.1, -0.05) is 0 Å². The van der Waals surface area contributed by atoms with Crippen molar-refractivity contribution >= 4 is 48.2 Å². The van der Waals surface area contributed by atoms with Crippen LogP contribution in [-0.4, -0.2) is 93.7 Å². The fraction of sp³-hybridized carbons (Fsp3) is 0.684. The van der Waals surface area contributed by atoms with Gasteiger partial charge in [-0.05, 0) is 32.1 Å². The summed E-state index contributed by atoms with van der Waals surface area (Å²) in [6.07, 6.45) is 0.481. The van der Waals surface area contributed by atoms with E-state index in [0.717, 1.165) is 0 Å². The maximum absolute atomic E-state index is 13.1. The monoisotopic (exact) mass is 503 g/mol. The van der Waals surface area contributed by atoms with Gasteiger partial charge in [-0.3, -0.25) is 24.2 Å². The number of carboxylic acid groups (broad SMARTS) is 2. The van der Waals surface area contributed by atoms with Crippen molar-refractivity contribution in [2.75, 3.05) is 18.8 Å². The molecule has 0 aromatic rings. The number of hydrogen-bond acceptors (Lipinski definition) is 8. The lowest BCUT2D eigenvalue weighted by Crippen LogP contribution is -2.57. The number of hydrogen-bond donors (Lipinski definition) is 8. The number of rotatable bonds is 14. The second kappa shape index (κ2) is 14.2. The minimum Gasteiger partial charge on any atom is -0.481 e. The largest absolute Gasteiger partial charge is 0.481 e. The lowest BCUT2D eigenvalue weighted by molar-refractivity contribution is -0.149. The van der Waals surface area contributed by atoms with E-state index in [2.05, 4.69) is 28.3 Å². The molecule has 0 bridgehead atoms. The molecule has 4 atom stereocenters. The summed E-state index contributed by atoms with van der Waals surface area (Å²) in [4.78, 5) is 65.8. The van der Waals surface area contributed by atoms with E-state index in [1.54, 1.807) is 0 Å². The maximum atomic E-state index is 13.1. The first-order valence-corrected chi connectivity index (χ1v) is 11.4. The van der Waals surface area contributed by atoms with Crippen LogP contribution in [0.15, 0.2) is 4.99 Å². The molecule has 1 saturated heterocycles. The first-order valence-electron chi connectivity index (χ1n) is 10.8. The van der Waals surface area contributed by atoms with Gasteiger partial charge in [-0.25, -0.2) is 4.79 Å². The van der Waals surface area contributed by atoms with Crippen molar-refractivity contribution in [2.45, 2.75) is 62.7 Å². The standard InChI is InChI=1S/C19H33N7O7S/c20-10(9-34)15(29)24-11(5-6-14(27)28)16(30)25-12(3-1-7-23-19(21)22)17(31)26-8-2-4-13(26)18(32)33/h10-13,34H,1-9,20H2,(H,24,29)(H,25,30)(H,27,28)(H,32,33)(H4,21,22,23). The highest BCUT2D eigenvalue weighted by atomic mass is 32.1. The summed E-state index contributed by atoms with van der Waals surface area (Å²) in [5, 5.41) is 23.3. The van der Waals surface area contributed by atoms with Crippen LogP contribution in [0.3, 0.4) is 0 Å². The van der Waals surface area contributed by atoms with E-state index in [1.807, 2.05) is 0 Å². The molecule has 0 saturated carbocycles. The Morgan fingerprint density at radius 2 is 1.71 bits per heavy atom. The molecule has 192 valence electrons. The Hall–Kier alpha value is -3.07. The number of aliphatic carboxylic acids is 2. The highest BCUT2D eigenvalue weighted by Crippen LogP contribution is 2.20. The number of carbonyl (C=O) groups excluding carboxylic acids is 3. The molecule has 0 aromatic heterocycles. The fourth-order valence-electron chi connectivity index (χ4n) is 3.42. The lowest BCUT2D eigenvalue weighted by Gasteiger charge is -2.29. The molecule has 1 aliphatic rings. The Morgan fingerprint density at radius 3 is 2.26 bits per heavy atom. The summed E-state index contributed by atoms with van der Waals surface area (Å²) < 4.78 is 0. The molecule has 10 N–H and O–H groups in total. The van der Waals surface area contributed by atoms with Gasteiger partial charge in [0.15, 0.2) is 5.96 Å². The first kappa shape index (κ1) is 29.0. The Bertz CT molecular complexity index is 791. The van der Waals surface area contributed by atoms with E-state index in [-0.39, 0.29) is 50.5 Å². The van der Waals surface area contributed by atoms with E-state index < -0.39 is 60.2 Å². The SMILES string of the molecule is NC(N)=NCCCC(NC(=O)C(CCC(=O)O)NC(=O)C(N)CS)C(=O)N1CCCC1C(=O)O. The quantitative estimate of drug-likeness (QED) is 0.0524. The van der Waals surface area contributed by atoms with Crippen LogP contribution in [0.1, 0.15) is 38.5 Å². The Morgan fingerprint density at radius 1 is 1.06 bits per heavy atom. The minimum absolute atomic E-state index is 0.00343. The molecule has 1 aliphatic heterocycles. The van der Waals surface area contributed by atoms with Gasteiger partial charge in [0.05, 0.1) is 6.04 Å². The number of guanidine groups is 1. The van der Waals surface area contributed by atoms with Gasteiger partial charge >= 0.3 is 11.9 Å². The molecule has 15 heteroatoms. The van der Waals surface area contributed by atoms with Crippen molar-refractivity contribution in [3.63, 3.8) is 0 Å². The highest BCUT2D eigenvalue weighted by molar-refractivity contribution is 7.80. The number of nitrogens with zero attached hydrogens (tertiary/aromatic N) is 2. The summed E-state index contributed by atoms with van der Waals surface area (Å²) in [7, 11) is 0. The predicted molar refractivity (Wildman–Crippen MR) is 125 cm³/mol. The minimum atomic E-state index is -1.28. The van der Waals surface area contributed by atoms with Crippen molar-refractivity contribution in [1.29, 1.82) is 0 Å². The lowest BCUT2D eigenvalue weighted by atomic mass is 10.1. The Labute approximate surface area is 202 Å². The van der Waals surface area contributed by atoms with Crippen molar-refractivity contribution in [3.05, 3.63) is 0 Å². The van der Waals surface area contributed by atoms with Crippen molar-refractivity contribution in [2.24, 2.45) is 22.2 Å². The van der Waals surface area contributed by atoms with Gasteiger partial charge in [0.1, 0.15) is 18.1 Å². The van der Waals surface area contributed by atoms with Gasteiger partial charge in [0.2, 0.25) is 17.7 Å². The molecule has 0 spiro atoms. The molecule has 0 radical (unpaired) electrons. The number of aliphatic imine (C=N–C) groups is 1. The number of likely N-dealkylation sites (tertiary alicyclic amines) is 1. The summed E-state index contributed by atoms with van der Waals surface area (Å²) >= 11 is 3.93. The molecule has 14 nitrogen and oxygen atoms in total. The van der Waals surface area contributed by atoms with Crippen LogP contribution in [0.2, 0.25) is 0 Å². The first-order chi connectivity index (χ1) is 16.0. The molecule has 1 fully saturated rings. The van der Waals surface area contributed by atoms with Crippen molar-refractivity contribution in [3.8, 4) is 0 Å². The van der Waals surface area contributed by atoms with Crippen LogP contribution in [0.4, 0.5) is 0 Å². The van der Waals surface area contributed by atoms with Gasteiger partial charge in [0.25, 0.3) is 0 Å². The summed E-state index contributed by atoms with van der Waals surface area (Å²) in [6, 6.07) is -4.46. The number of carbonyl (C=O) groups is 5. The second-order valence-corrected chi connectivity index (χ2v) is 8.19. The van der Waals surface area contributed by atoms with Gasteiger partial charge in [-0.15, -0.1) is 0 Å². The summed E-state index contributed by atoms with van der Waals surface area (Å²) in [5.74, 6) is -4.58. The van der Waals surface area contributed by atoms with Crippen LogP contribution in [0, 0.1) is 0 Å². The molecular weight excluding hydrogens is 470 g/mol. The summed E-state index contributed by atoms with van der Waals surface area (Å²) in [6.45, 7) is 0.381. The molecule has 0 aromatic carbocycles. The Balaban J connectivity index is 3.04. The number of nitrogens with two attached hydrogens (primary N) is 3. The van der Waals surface area contributed by atoms with E-state index >= 15 is 0 Å². The molecule has 4 unspecified atom stereocenters. The van der Waals surface area contributed by atoms with Crippen molar-refractivity contribution < 1.29 is 34.2 Å². The molecule has 1 heterocycles. The van der Waals surface area contributed by atoms with E-state index in [9.17, 15) is 29.1 Å². The fourth-order valence-corrected chi connectivity index (χ4v) is 3.58. The zero-order chi connectivity index (χ0) is 25.8. The van der Waals surface area contributed by atoms with Crippen LogP contribution < -0.4 is 27.8 Å². The smallest absolute Gasteiger partial charge is 0.326 e. The number of thiol groups is 1. The van der Waals surface area contributed by atoms with E-state index in [4.69, 9.17) is 22.3 Å². The van der Waals surface area contributed by atoms with Gasteiger partial charge < -0.3 is 42.9 Å². The average molecular weight is 504 g/mol. The highest BCUT2D eigenvalue weighted by Gasteiger charge is 2.38. The predicted octanol–water partition coefficient (Wildman–Crippen LogP) is -2.79. The number of amides is 3.